The van der Waals surface area contributed by atoms with Crippen LogP contribution in [0.15, 0.2) is 29.2 Å². The highest BCUT2D eigenvalue weighted by molar-refractivity contribution is 7.89. The normalized spacial score (nSPS) is 21.9. The maximum Gasteiger partial charge on any atom is 0.325 e. The van der Waals surface area contributed by atoms with Gasteiger partial charge in [-0.3, -0.25) is 14.5 Å². The third kappa shape index (κ3) is 4.52. The number of hydrogen-bond acceptors (Lipinski definition) is 5. The molecule has 1 aromatic rings. The molecule has 2 N–H and O–H groups in total. The molecule has 32 heavy (non-hydrogen) atoms. The van der Waals surface area contributed by atoms with Gasteiger partial charge in [-0.15, -0.1) is 0 Å². The number of hydrogen-bond donors (Lipinski definition) is 2. The minimum absolute atomic E-state index is 0.115. The van der Waals surface area contributed by atoms with Crippen LogP contribution in [-0.2, 0) is 19.6 Å². The topological polar surface area (TPSA) is 116 Å². The lowest BCUT2D eigenvalue weighted by Crippen LogP contribution is -2.47. The zero-order valence-corrected chi connectivity index (χ0v) is 19.0. The van der Waals surface area contributed by atoms with Gasteiger partial charge in [0.05, 0.1) is 4.90 Å². The maximum absolute atomic E-state index is 13.0. The van der Waals surface area contributed by atoms with Gasteiger partial charge in [0.2, 0.25) is 15.9 Å². The molecule has 0 atom stereocenters. The fraction of sp³-hybridized carbons (Fsp3) is 0.591. The number of rotatable bonds is 5. The summed E-state index contributed by atoms with van der Waals surface area (Å²) in [6, 6.07) is 5.54. The van der Waals surface area contributed by atoms with Crippen LogP contribution in [0.1, 0.15) is 57.8 Å². The van der Waals surface area contributed by atoms with E-state index in [0.29, 0.717) is 31.6 Å². The molecule has 2 aliphatic heterocycles. The first kappa shape index (κ1) is 22.7. The number of sulfonamides is 1. The van der Waals surface area contributed by atoms with Crippen molar-refractivity contribution in [2.24, 2.45) is 0 Å². The van der Waals surface area contributed by atoms with Crippen LogP contribution in [0.5, 0.6) is 0 Å². The fourth-order valence-corrected chi connectivity index (χ4v) is 6.39. The molecule has 4 rings (SSSR count). The SMILES string of the molecule is O=C(CN1C(=O)NC2(CCCCCC2)C1=O)Nc1cccc(S(=O)(=O)N2CCCCC2)c1. The Hall–Kier alpha value is -2.46. The number of imide groups is 1. The van der Waals surface area contributed by atoms with Crippen molar-refractivity contribution in [2.45, 2.75) is 68.2 Å². The molecule has 2 saturated heterocycles. The fourth-order valence-electron chi connectivity index (χ4n) is 4.82. The highest BCUT2D eigenvalue weighted by Gasteiger charge is 2.51. The molecule has 174 valence electrons. The third-order valence-corrected chi connectivity index (χ3v) is 8.47. The van der Waals surface area contributed by atoms with Gasteiger partial charge >= 0.3 is 6.03 Å². The van der Waals surface area contributed by atoms with Crippen LogP contribution in [0.3, 0.4) is 0 Å². The molecule has 10 heteroatoms. The second kappa shape index (κ2) is 9.19. The molecule has 1 aliphatic carbocycles. The molecular formula is C22H30N4O5S. The molecule has 3 fully saturated rings. The van der Waals surface area contributed by atoms with Crippen molar-refractivity contribution in [1.82, 2.24) is 14.5 Å². The number of piperidine rings is 1. The minimum atomic E-state index is -3.63. The Kier molecular flexibility index (Phi) is 6.52. The quantitative estimate of drug-likeness (QED) is 0.652. The van der Waals surface area contributed by atoms with Crippen molar-refractivity contribution in [2.75, 3.05) is 25.0 Å². The van der Waals surface area contributed by atoms with Gasteiger partial charge in [0.1, 0.15) is 12.1 Å². The van der Waals surface area contributed by atoms with Crippen molar-refractivity contribution in [1.29, 1.82) is 0 Å². The standard InChI is InChI=1S/C22H30N4O5S/c27-19(16-26-20(28)22(24-21(26)29)11-4-1-2-5-12-22)23-17-9-8-10-18(15-17)32(30,31)25-13-6-3-7-14-25/h8-10,15H,1-7,11-14,16H2,(H,23,27)(H,24,29). The van der Waals surface area contributed by atoms with E-state index < -0.39 is 34.0 Å². The highest BCUT2D eigenvalue weighted by atomic mass is 32.2. The second-order valence-corrected chi connectivity index (χ2v) is 10.8. The lowest BCUT2D eigenvalue weighted by atomic mass is 9.90. The predicted molar refractivity (Wildman–Crippen MR) is 118 cm³/mol. The van der Waals surface area contributed by atoms with Crippen molar-refractivity contribution in [3.8, 4) is 0 Å². The number of carbonyl (C=O) groups excluding carboxylic acids is 3. The van der Waals surface area contributed by atoms with E-state index >= 15 is 0 Å². The zero-order chi connectivity index (χ0) is 22.8. The van der Waals surface area contributed by atoms with Crippen LogP contribution in [0.4, 0.5) is 10.5 Å². The van der Waals surface area contributed by atoms with E-state index in [1.165, 1.54) is 16.4 Å². The Morgan fingerprint density at radius 1 is 1.00 bits per heavy atom. The molecule has 0 radical (unpaired) electrons. The summed E-state index contributed by atoms with van der Waals surface area (Å²) in [6.07, 6.45) is 7.66. The van der Waals surface area contributed by atoms with Gasteiger partial charge in [-0.1, -0.05) is 38.2 Å². The average Bonchev–Trinajstić information content (AvgIpc) is 2.94. The molecule has 0 bridgehead atoms. The van der Waals surface area contributed by atoms with Crippen molar-refractivity contribution >= 4 is 33.6 Å². The van der Waals surface area contributed by atoms with Crippen LogP contribution >= 0.6 is 0 Å². The molecule has 3 aliphatic rings. The largest absolute Gasteiger partial charge is 0.325 e. The van der Waals surface area contributed by atoms with E-state index in [0.717, 1.165) is 49.8 Å². The van der Waals surface area contributed by atoms with Gasteiger partial charge in [0.15, 0.2) is 0 Å². The summed E-state index contributed by atoms with van der Waals surface area (Å²) >= 11 is 0. The van der Waals surface area contributed by atoms with E-state index in [9.17, 15) is 22.8 Å². The average molecular weight is 463 g/mol. The summed E-state index contributed by atoms with van der Waals surface area (Å²) in [5.41, 5.74) is -0.583. The highest BCUT2D eigenvalue weighted by Crippen LogP contribution is 2.32. The molecule has 1 saturated carbocycles. The van der Waals surface area contributed by atoms with Crippen LogP contribution in [-0.4, -0.2) is 60.6 Å². The summed E-state index contributed by atoms with van der Waals surface area (Å²) in [7, 11) is -3.63. The molecular weight excluding hydrogens is 432 g/mol. The predicted octanol–water partition coefficient (Wildman–Crippen LogP) is 2.44. The first-order valence-corrected chi connectivity index (χ1v) is 12.8. The zero-order valence-electron chi connectivity index (χ0n) is 18.1. The summed E-state index contributed by atoms with van der Waals surface area (Å²) in [4.78, 5) is 39.1. The van der Waals surface area contributed by atoms with Gasteiger partial charge in [-0.25, -0.2) is 13.2 Å². The van der Waals surface area contributed by atoms with Crippen LogP contribution in [0.2, 0.25) is 0 Å². The van der Waals surface area contributed by atoms with E-state index in [4.69, 9.17) is 0 Å². The van der Waals surface area contributed by atoms with Crippen LogP contribution in [0.25, 0.3) is 0 Å². The second-order valence-electron chi connectivity index (χ2n) is 8.86. The van der Waals surface area contributed by atoms with Gasteiger partial charge in [0, 0.05) is 18.8 Å². The summed E-state index contributed by atoms with van der Waals surface area (Å²) in [5.74, 6) is -0.896. The number of anilines is 1. The number of amides is 4. The van der Waals surface area contributed by atoms with Gasteiger partial charge < -0.3 is 10.6 Å². The van der Waals surface area contributed by atoms with E-state index in [1.54, 1.807) is 12.1 Å². The lowest BCUT2D eigenvalue weighted by Gasteiger charge is -2.26. The van der Waals surface area contributed by atoms with Crippen molar-refractivity contribution in [3.63, 3.8) is 0 Å². The number of urea groups is 1. The monoisotopic (exact) mass is 462 g/mol. The molecule has 2 heterocycles. The molecule has 4 amide bonds. The molecule has 1 spiro atoms. The van der Waals surface area contributed by atoms with Crippen LogP contribution < -0.4 is 10.6 Å². The first-order valence-electron chi connectivity index (χ1n) is 11.4. The molecule has 9 nitrogen and oxygen atoms in total. The first-order chi connectivity index (χ1) is 15.3. The Labute approximate surface area is 188 Å². The Morgan fingerprint density at radius 2 is 1.66 bits per heavy atom. The Bertz CT molecular complexity index is 995. The van der Waals surface area contributed by atoms with Gasteiger partial charge in [-0.05, 0) is 43.9 Å². The summed E-state index contributed by atoms with van der Waals surface area (Å²) in [5, 5.41) is 5.45. The van der Waals surface area contributed by atoms with E-state index in [2.05, 4.69) is 10.6 Å². The number of nitrogens with one attached hydrogen (secondary N) is 2. The smallest absolute Gasteiger partial charge is 0.324 e. The Balaban J connectivity index is 1.43. The van der Waals surface area contributed by atoms with E-state index in [1.807, 2.05) is 0 Å². The van der Waals surface area contributed by atoms with Crippen LogP contribution in [0, 0.1) is 0 Å². The lowest BCUT2D eigenvalue weighted by molar-refractivity contribution is -0.134. The summed E-state index contributed by atoms with van der Waals surface area (Å²) < 4.78 is 27.3. The van der Waals surface area contributed by atoms with Crippen molar-refractivity contribution < 1.29 is 22.8 Å². The van der Waals surface area contributed by atoms with Gasteiger partial charge in [0.25, 0.3) is 5.91 Å². The molecule has 0 unspecified atom stereocenters. The summed E-state index contributed by atoms with van der Waals surface area (Å²) in [6.45, 7) is 0.579. The number of nitrogens with zero attached hydrogens (tertiary/aromatic N) is 2. The van der Waals surface area contributed by atoms with Gasteiger partial charge in [-0.2, -0.15) is 4.31 Å². The molecule has 0 aromatic heterocycles. The molecule has 1 aromatic carbocycles. The number of benzene rings is 1. The minimum Gasteiger partial charge on any atom is -0.324 e. The van der Waals surface area contributed by atoms with Crippen molar-refractivity contribution in [3.05, 3.63) is 24.3 Å². The Morgan fingerprint density at radius 3 is 2.34 bits per heavy atom. The number of carbonyl (C=O) groups is 3. The third-order valence-electron chi connectivity index (χ3n) is 6.58. The maximum atomic E-state index is 13.0. The van der Waals surface area contributed by atoms with E-state index in [-0.39, 0.29) is 10.8 Å².